The number of rotatable bonds is 10. The van der Waals surface area contributed by atoms with E-state index in [9.17, 15) is 9.59 Å². The highest BCUT2D eigenvalue weighted by molar-refractivity contribution is 5.92. The van der Waals surface area contributed by atoms with Gasteiger partial charge in [-0.3, -0.25) is 9.59 Å². The van der Waals surface area contributed by atoms with Crippen LogP contribution in [0.1, 0.15) is 23.0 Å². The normalized spacial score (nSPS) is 10.6. The van der Waals surface area contributed by atoms with Crippen LogP contribution in [0.15, 0.2) is 65.6 Å². The van der Waals surface area contributed by atoms with Crippen molar-refractivity contribution in [2.75, 3.05) is 38.6 Å². The molecule has 2 aromatic carbocycles. The van der Waals surface area contributed by atoms with Gasteiger partial charge < -0.3 is 20.3 Å². The number of para-hydroxylation sites is 2. The van der Waals surface area contributed by atoms with Crippen molar-refractivity contribution in [1.82, 2.24) is 20.4 Å². The van der Waals surface area contributed by atoms with E-state index in [-0.39, 0.29) is 18.1 Å². The Kier molecular flexibility index (Phi) is 7.99. The minimum Gasteiger partial charge on any atom is -0.483 e. The highest BCUT2D eigenvalue weighted by Gasteiger charge is 2.19. The molecule has 0 saturated heterocycles. The van der Waals surface area contributed by atoms with Crippen molar-refractivity contribution in [3.8, 4) is 11.4 Å². The monoisotopic (exact) mass is 435 g/mol. The first-order chi connectivity index (χ1) is 15.6. The average Bonchev–Trinajstić information content (AvgIpc) is 2.84. The Labute approximate surface area is 187 Å². The van der Waals surface area contributed by atoms with Gasteiger partial charge in [0.15, 0.2) is 11.4 Å². The maximum atomic E-state index is 12.9. The fourth-order valence-corrected chi connectivity index (χ4v) is 3.32. The summed E-state index contributed by atoms with van der Waals surface area (Å²) in [6.07, 6.45) is 1.54. The number of nitrogens with one attached hydrogen (secondary N) is 2. The predicted molar refractivity (Wildman–Crippen MR) is 126 cm³/mol. The molecule has 3 rings (SSSR count). The first kappa shape index (κ1) is 23.0. The van der Waals surface area contributed by atoms with Gasteiger partial charge in [-0.25, -0.2) is 4.68 Å². The maximum Gasteiger partial charge on any atom is 0.275 e. The number of amides is 1. The van der Waals surface area contributed by atoms with Crippen molar-refractivity contribution in [3.05, 3.63) is 82.3 Å². The lowest BCUT2D eigenvalue weighted by Crippen LogP contribution is -2.32. The molecule has 0 saturated carbocycles. The average molecular weight is 436 g/mol. The molecule has 0 aliphatic rings. The topological polar surface area (TPSA) is 88.5 Å². The van der Waals surface area contributed by atoms with Crippen LogP contribution in [0.5, 0.6) is 5.75 Å². The molecule has 0 bridgehead atoms. The number of likely N-dealkylation sites (N-methyl/N-ethyl adjacent to an activating group) is 2. The lowest BCUT2D eigenvalue weighted by Gasteiger charge is -2.26. The quantitative estimate of drug-likeness (QED) is 0.508. The predicted octanol–water partition coefficient (Wildman–Crippen LogP) is 2.22. The molecule has 2 N–H and O–H groups in total. The van der Waals surface area contributed by atoms with Crippen LogP contribution in [0.4, 0.5) is 5.69 Å². The molecule has 0 fully saturated rings. The van der Waals surface area contributed by atoms with Crippen molar-refractivity contribution in [3.63, 3.8) is 0 Å². The van der Waals surface area contributed by atoms with Gasteiger partial charge >= 0.3 is 0 Å². The summed E-state index contributed by atoms with van der Waals surface area (Å²) in [7, 11) is 3.38. The van der Waals surface area contributed by atoms with Gasteiger partial charge in [-0.05, 0) is 31.7 Å². The lowest BCUT2D eigenvalue weighted by atomic mass is 10.2. The van der Waals surface area contributed by atoms with E-state index in [0.29, 0.717) is 0 Å². The second kappa shape index (κ2) is 11.1. The molecule has 1 amide bonds. The molecule has 1 heterocycles. The van der Waals surface area contributed by atoms with Crippen molar-refractivity contribution in [2.24, 2.45) is 0 Å². The number of carbonyl (C=O) groups excluding carboxylic acids is 1. The zero-order valence-electron chi connectivity index (χ0n) is 18.7. The number of benzene rings is 2. The molecule has 0 radical (unpaired) electrons. The van der Waals surface area contributed by atoms with Gasteiger partial charge in [0.05, 0.1) is 17.6 Å². The van der Waals surface area contributed by atoms with Gasteiger partial charge in [-0.1, -0.05) is 42.5 Å². The number of hydrogen-bond acceptors (Lipinski definition) is 6. The molecular weight excluding hydrogens is 406 g/mol. The Morgan fingerprint density at radius 2 is 1.81 bits per heavy atom. The Bertz CT molecular complexity index is 1100. The maximum absolute atomic E-state index is 12.9. The van der Waals surface area contributed by atoms with Crippen LogP contribution in [0, 0.1) is 0 Å². The number of ether oxygens (including phenoxy) is 1. The summed E-state index contributed by atoms with van der Waals surface area (Å²) in [5.74, 6) is -0.496. The van der Waals surface area contributed by atoms with Crippen LogP contribution in [-0.4, -0.2) is 49.4 Å². The number of aromatic nitrogens is 2. The lowest BCUT2D eigenvalue weighted by molar-refractivity contribution is 0.0954. The highest BCUT2D eigenvalue weighted by atomic mass is 16.5. The fraction of sp³-hybridized carbons (Fsp3) is 0.292. The van der Waals surface area contributed by atoms with Crippen LogP contribution in [-0.2, 0) is 6.61 Å². The molecule has 32 heavy (non-hydrogen) atoms. The van der Waals surface area contributed by atoms with E-state index >= 15 is 0 Å². The Morgan fingerprint density at radius 1 is 1.09 bits per heavy atom. The number of hydrogen-bond donors (Lipinski definition) is 2. The van der Waals surface area contributed by atoms with Crippen LogP contribution in [0.25, 0.3) is 5.69 Å². The summed E-state index contributed by atoms with van der Waals surface area (Å²) in [4.78, 5) is 27.5. The number of nitrogens with zero attached hydrogens (tertiary/aromatic N) is 3. The fourth-order valence-electron chi connectivity index (χ4n) is 3.32. The summed E-state index contributed by atoms with van der Waals surface area (Å²) in [6, 6.07) is 17.3. The zero-order chi connectivity index (χ0) is 22.9. The van der Waals surface area contributed by atoms with Crippen molar-refractivity contribution >= 4 is 11.6 Å². The molecule has 0 aliphatic carbocycles. The molecule has 168 valence electrons. The standard InChI is InChI=1S/C24H29N5O3/c1-4-28(15-14-25-2)19-12-8-9-13-20(19)29-16-21(23(30)22(27-29)24(31)26-3)32-17-18-10-6-5-7-11-18/h5-13,16,25H,4,14-15,17H2,1-3H3,(H,26,31). The van der Waals surface area contributed by atoms with Crippen LogP contribution in [0.2, 0.25) is 0 Å². The molecule has 0 atom stereocenters. The van der Waals surface area contributed by atoms with Gasteiger partial charge in [0.25, 0.3) is 11.3 Å². The molecule has 8 nitrogen and oxygen atoms in total. The zero-order valence-corrected chi connectivity index (χ0v) is 18.7. The smallest absolute Gasteiger partial charge is 0.275 e. The van der Waals surface area contributed by atoms with Crippen molar-refractivity contribution in [2.45, 2.75) is 13.5 Å². The molecule has 0 aliphatic heterocycles. The highest BCUT2D eigenvalue weighted by Crippen LogP contribution is 2.24. The molecule has 0 unspecified atom stereocenters. The number of carbonyl (C=O) groups is 1. The molecule has 3 aromatic rings. The van der Waals surface area contributed by atoms with Crippen molar-refractivity contribution < 1.29 is 9.53 Å². The SMILES string of the molecule is CCN(CCNC)c1ccccc1-n1cc(OCc2ccccc2)c(=O)c(C(=O)NC)n1. The van der Waals surface area contributed by atoms with E-state index in [1.807, 2.05) is 61.6 Å². The molecule has 8 heteroatoms. The minimum atomic E-state index is -0.561. The Hall–Kier alpha value is -3.65. The molecule has 0 spiro atoms. The summed E-state index contributed by atoms with van der Waals surface area (Å²) >= 11 is 0. The van der Waals surface area contributed by atoms with E-state index in [1.165, 1.54) is 7.05 Å². The molecule has 1 aromatic heterocycles. The van der Waals surface area contributed by atoms with Crippen molar-refractivity contribution in [1.29, 1.82) is 0 Å². The van der Waals surface area contributed by atoms with Gasteiger partial charge in [-0.15, -0.1) is 0 Å². The van der Waals surface area contributed by atoms with E-state index in [1.54, 1.807) is 10.9 Å². The van der Waals surface area contributed by atoms with Crippen LogP contribution >= 0.6 is 0 Å². The van der Waals surface area contributed by atoms with Gasteiger partial charge in [0, 0.05) is 26.7 Å². The summed E-state index contributed by atoms with van der Waals surface area (Å²) in [5, 5.41) is 10.0. The van der Waals surface area contributed by atoms with Gasteiger partial charge in [0.1, 0.15) is 6.61 Å². The number of anilines is 1. The summed E-state index contributed by atoms with van der Waals surface area (Å²) < 4.78 is 7.38. The third-order valence-electron chi connectivity index (χ3n) is 5.05. The van der Waals surface area contributed by atoms with E-state index in [4.69, 9.17) is 4.74 Å². The minimum absolute atomic E-state index is 0.0653. The van der Waals surface area contributed by atoms with E-state index < -0.39 is 11.3 Å². The second-order valence-corrected chi connectivity index (χ2v) is 7.14. The van der Waals surface area contributed by atoms with Gasteiger partial charge in [0.2, 0.25) is 0 Å². The van der Waals surface area contributed by atoms with E-state index in [2.05, 4.69) is 27.6 Å². The Balaban J connectivity index is 2.06. The first-order valence-corrected chi connectivity index (χ1v) is 10.6. The molecular formula is C24H29N5O3. The largest absolute Gasteiger partial charge is 0.483 e. The third-order valence-corrected chi connectivity index (χ3v) is 5.05. The second-order valence-electron chi connectivity index (χ2n) is 7.14. The third kappa shape index (κ3) is 5.33. The van der Waals surface area contributed by atoms with Gasteiger partial charge in [-0.2, -0.15) is 5.10 Å². The van der Waals surface area contributed by atoms with Crippen LogP contribution in [0.3, 0.4) is 0 Å². The van der Waals surface area contributed by atoms with E-state index in [0.717, 1.165) is 36.6 Å². The van der Waals surface area contributed by atoms with Crippen LogP contribution < -0.4 is 25.7 Å². The Morgan fingerprint density at radius 3 is 2.50 bits per heavy atom. The summed E-state index contributed by atoms with van der Waals surface area (Å²) in [6.45, 7) is 4.69. The first-order valence-electron chi connectivity index (χ1n) is 10.6. The summed E-state index contributed by atoms with van der Waals surface area (Å²) in [5.41, 5.74) is 1.85.